The van der Waals surface area contributed by atoms with Crippen LogP contribution in [0.1, 0.15) is 20.3 Å². The van der Waals surface area contributed by atoms with E-state index in [1.165, 1.54) is 7.11 Å². The first kappa shape index (κ1) is 8.90. The van der Waals surface area contributed by atoms with Crippen LogP contribution in [0.3, 0.4) is 0 Å². The summed E-state index contributed by atoms with van der Waals surface area (Å²) in [5.41, 5.74) is -0.636. The van der Waals surface area contributed by atoms with Gasteiger partial charge in [-0.05, 0) is 13.8 Å². The van der Waals surface area contributed by atoms with Crippen molar-refractivity contribution in [2.45, 2.75) is 25.9 Å². The van der Waals surface area contributed by atoms with Gasteiger partial charge in [0.1, 0.15) is 11.4 Å². The molecule has 0 amide bonds. The summed E-state index contributed by atoms with van der Waals surface area (Å²) < 4.78 is 9.63. The van der Waals surface area contributed by atoms with Crippen LogP contribution >= 0.6 is 0 Å². The Balaban J connectivity index is 2.95. The molecule has 0 radical (unpaired) electrons. The Kier molecular flexibility index (Phi) is 2.00. The van der Waals surface area contributed by atoms with Crippen molar-refractivity contribution < 1.29 is 19.4 Å². The van der Waals surface area contributed by atoms with Crippen LogP contribution in [0, 0.1) is 0 Å². The Bertz CT molecular complexity index is 239. The molecule has 0 aromatic carbocycles. The molecule has 1 aliphatic rings. The van der Waals surface area contributed by atoms with Crippen molar-refractivity contribution in [2.75, 3.05) is 7.11 Å². The first-order valence-electron chi connectivity index (χ1n) is 3.66. The zero-order valence-electron chi connectivity index (χ0n) is 7.38. The Morgan fingerprint density at radius 1 is 1.58 bits per heavy atom. The SMILES string of the molecule is COC1=C(O)CC(C)(C)OC1=O. The lowest BCUT2D eigenvalue weighted by Crippen LogP contribution is -2.34. The van der Waals surface area contributed by atoms with Crippen molar-refractivity contribution in [3.8, 4) is 0 Å². The summed E-state index contributed by atoms with van der Waals surface area (Å²) in [6.07, 6.45) is 0.294. The van der Waals surface area contributed by atoms with E-state index in [0.29, 0.717) is 6.42 Å². The number of aliphatic hydroxyl groups excluding tert-OH is 1. The lowest BCUT2D eigenvalue weighted by Gasteiger charge is -2.29. The summed E-state index contributed by atoms with van der Waals surface area (Å²) in [6.45, 7) is 3.46. The van der Waals surface area contributed by atoms with Crippen molar-refractivity contribution in [2.24, 2.45) is 0 Å². The maximum atomic E-state index is 11.1. The van der Waals surface area contributed by atoms with E-state index in [0.717, 1.165) is 0 Å². The summed E-state index contributed by atoms with van der Waals surface area (Å²) in [5.74, 6) is -0.737. The minimum atomic E-state index is -0.636. The lowest BCUT2D eigenvalue weighted by molar-refractivity contribution is -0.159. The molecule has 1 rings (SSSR count). The van der Waals surface area contributed by atoms with Gasteiger partial charge in [0.05, 0.1) is 7.11 Å². The highest BCUT2D eigenvalue weighted by Gasteiger charge is 2.35. The largest absolute Gasteiger partial charge is 0.508 e. The molecular weight excluding hydrogens is 160 g/mol. The number of aliphatic hydroxyl groups is 1. The summed E-state index contributed by atoms with van der Waals surface area (Å²) in [4.78, 5) is 11.1. The minimum Gasteiger partial charge on any atom is -0.508 e. The highest BCUT2D eigenvalue weighted by atomic mass is 16.6. The third-order valence-electron chi connectivity index (χ3n) is 1.61. The van der Waals surface area contributed by atoms with Crippen molar-refractivity contribution in [3.05, 3.63) is 11.5 Å². The van der Waals surface area contributed by atoms with Gasteiger partial charge in [-0.25, -0.2) is 4.79 Å². The average Bonchev–Trinajstić information content (AvgIpc) is 1.82. The average molecular weight is 172 g/mol. The van der Waals surface area contributed by atoms with E-state index in [4.69, 9.17) is 4.74 Å². The molecule has 4 nitrogen and oxygen atoms in total. The van der Waals surface area contributed by atoms with Crippen LogP contribution in [-0.4, -0.2) is 23.8 Å². The molecule has 0 aromatic rings. The van der Waals surface area contributed by atoms with E-state index >= 15 is 0 Å². The number of rotatable bonds is 1. The van der Waals surface area contributed by atoms with Gasteiger partial charge in [-0.1, -0.05) is 0 Å². The van der Waals surface area contributed by atoms with Crippen molar-refractivity contribution in [1.82, 2.24) is 0 Å². The molecule has 12 heavy (non-hydrogen) atoms. The summed E-state index contributed by atoms with van der Waals surface area (Å²) >= 11 is 0. The molecule has 1 N–H and O–H groups in total. The third-order valence-corrected chi connectivity index (χ3v) is 1.61. The van der Waals surface area contributed by atoms with Crippen LogP contribution in [0.5, 0.6) is 0 Å². The van der Waals surface area contributed by atoms with Gasteiger partial charge in [-0.15, -0.1) is 0 Å². The van der Waals surface area contributed by atoms with Crippen molar-refractivity contribution in [1.29, 1.82) is 0 Å². The second-order valence-corrected chi connectivity index (χ2v) is 3.31. The van der Waals surface area contributed by atoms with Gasteiger partial charge in [0.25, 0.3) is 0 Å². The van der Waals surface area contributed by atoms with E-state index in [-0.39, 0.29) is 11.5 Å². The second kappa shape index (κ2) is 2.69. The third kappa shape index (κ3) is 1.52. The fraction of sp³-hybridized carbons (Fsp3) is 0.625. The molecule has 1 heterocycles. The van der Waals surface area contributed by atoms with Gasteiger partial charge in [-0.2, -0.15) is 0 Å². The molecule has 0 aromatic heterocycles. The number of esters is 1. The van der Waals surface area contributed by atoms with Crippen LogP contribution in [0.4, 0.5) is 0 Å². The molecule has 0 bridgehead atoms. The summed E-state index contributed by atoms with van der Waals surface area (Å²) in [7, 11) is 1.32. The first-order chi connectivity index (χ1) is 5.46. The Labute approximate surface area is 70.8 Å². The molecule has 68 valence electrons. The molecule has 0 unspecified atom stereocenters. The summed E-state index contributed by atoms with van der Waals surface area (Å²) in [6, 6.07) is 0. The second-order valence-electron chi connectivity index (χ2n) is 3.31. The zero-order valence-corrected chi connectivity index (χ0v) is 7.38. The smallest absolute Gasteiger partial charge is 0.377 e. The molecule has 0 saturated carbocycles. The van der Waals surface area contributed by atoms with Crippen LogP contribution < -0.4 is 0 Å². The van der Waals surface area contributed by atoms with E-state index in [1.807, 2.05) is 0 Å². The quantitative estimate of drug-likeness (QED) is 0.602. The fourth-order valence-corrected chi connectivity index (χ4v) is 1.14. The maximum absolute atomic E-state index is 11.1. The Morgan fingerprint density at radius 2 is 2.17 bits per heavy atom. The van der Waals surface area contributed by atoms with Crippen molar-refractivity contribution >= 4 is 5.97 Å². The van der Waals surface area contributed by atoms with E-state index in [2.05, 4.69) is 4.74 Å². The van der Waals surface area contributed by atoms with Crippen LogP contribution in [-0.2, 0) is 14.3 Å². The minimum absolute atomic E-state index is 0.0428. The Hall–Kier alpha value is -1.19. The van der Waals surface area contributed by atoms with Gasteiger partial charge >= 0.3 is 5.97 Å². The molecule has 4 heteroatoms. The monoisotopic (exact) mass is 172 g/mol. The predicted molar refractivity (Wildman–Crippen MR) is 41.5 cm³/mol. The molecular formula is C8H12O4. The standard InChI is InChI=1S/C8H12O4/c1-8(2)4-5(9)6(11-3)7(10)12-8/h9H,4H2,1-3H3. The van der Waals surface area contributed by atoms with Crippen molar-refractivity contribution in [3.63, 3.8) is 0 Å². The Morgan fingerprint density at radius 3 is 2.58 bits per heavy atom. The normalized spacial score (nSPS) is 22.1. The van der Waals surface area contributed by atoms with Crippen LogP contribution in [0.25, 0.3) is 0 Å². The fourth-order valence-electron chi connectivity index (χ4n) is 1.14. The predicted octanol–water partition coefficient (Wildman–Crippen LogP) is 1.13. The van der Waals surface area contributed by atoms with Gasteiger partial charge in [0.15, 0.2) is 0 Å². The number of carbonyl (C=O) groups is 1. The number of methoxy groups -OCH3 is 1. The first-order valence-corrected chi connectivity index (χ1v) is 3.66. The molecule has 0 aliphatic carbocycles. The van der Waals surface area contributed by atoms with Gasteiger partial charge in [-0.3, -0.25) is 0 Å². The topological polar surface area (TPSA) is 55.8 Å². The molecule has 0 atom stereocenters. The van der Waals surface area contributed by atoms with Crippen LogP contribution in [0.15, 0.2) is 11.5 Å². The number of carbonyl (C=O) groups excluding carboxylic acids is 1. The highest BCUT2D eigenvalue weighted by Crippen LogP contribution is 2.27. The van der Waals surface area contributed by atoms with Gasteiger partial charge in [0.2, 0.25) is 5.76 Å². The highest BCUT2D eigenvalue weighted by molar-refractivity contribution is 5.87. The van der Waals surface area contributed by atoms with E-state index in [1.54, 1.807) is 13.8 Å². The molecule has 0 spiro atoms. The maximum Gasteiger partial charge on any atom is 0.377 e. The van der Waals surface area contributed by atoms with Gasteiger partial charge in [0, 0.05) is 6.42 Å². The van der Waals surface area contributed by atoms with E-state index < -0.39 is 11.6 Å². The zero-order chi connectivity index (χ0) is 9.35. The van der Waals surface area contributed by atoms with Crippen LogP contribution in [0.2, 0.25) is 0 Å². The number of ether oxygens (including phenoxy) is 2. The number of hydrogen-bond donors (Lipinski definition) is 1. The summed E-state index contributed by atoms with van der Waals surface area (Å²) in [5, 5.41) is 9.33. The molecule has 1 aliphatic heterocycles. The number of cyclic esters (lactones) is 1. The molecule has 0 fully saturated rings. The lowest BCUT2D eigenvalue weighted by atomic mass is 10.0. The van der Waals surface area contributed by atoms with Gasteiger partial charge < -0.3 is 14.6 Å². The number of hydrogen-bond acceptors (Lipinski definition) is 4. The molecule has 0 saturated heterocycles. The van der Waals surface area contributed by atoms with E-state index in [9.17, 15) is 9.90 Å².